The van der Waals surface area contributed by atoms with Crippen LogP contribution in [0.5, 0.6) is 5.75 Å². The van der Waals surface area contributed by atoms with E-state index in [-0.39, 0.29) is 17.7 Å². The summed E-state index contributed by atoms with van der Waals surface area (Å²) in [4.78, 5) is 26.9. The van der Waals surface area contributed by atoms with Gasteiger partial charge in [-0.3, -0.25) is 9.78 Å². The van der Waals surface area contributed by atoms with Gasteiger partial charge >= 0.3 is 5.97 Å². The fraction of sp³-hybridized carbons (Fsp3) is 0.133. The minimum absolute atomic E-state index is 0.00990. The molecule has 108 valence electrons. The molecule has 21 heavy (non-hydrogen) atoms. The highest BCUT2D eigenvalue weighted by atomic mass is 16.4. The first kappa shape index (κ1) is 14.5. The molecule has 3 N–H and O–H groups in total. The summed E-state index contributed by atoms with van der Waals surface area (Å²) in [6.07, 6.45) is 2.64. The molecule has 0 saturated heterocycles. The molecule has 2 aromatic rings. The van der Waals surface area contributed by atoms with E-state index in [1.54, 1.807) is 24.3 Å². The Balaban J connectivity index is 2.12. The van der Waals surface area contributed by atoms with Crippen molar-refractivity contribution in [2.75, 3.05) is 0 Å². The second-order valence-corrected chi connectivity index (χ2v) is 4.45. The van der Waals surface area contributed by atoms with Gasteiger partial charge in [0.05, 0.1) is 11.8 Å². The smallest absolute Gasteiger partial charge is 0.326 e. The number of carboxylic acid groups (broad SMARTS) is 1. The highest BCUT2D eigenvalue weighted by molar-refractivity contribution is 5.98. The van der Waals surface area contributed by atoms with Crippen molar-refractivity contribution in [3.05, 3.63) is 59.9 Å². The molecule has 6 heteroatoms. The average molecular weight is 286 g/mol. The van der Waals surface area contributed by atoms with Crippen LogP contribution in [-0.2, 0) is 11.2 Å². The Bertz CT molecular complexity index is 643. The van der Waals surface area contributed by atoms with Gasteiger partial charge in [0.1, 0.15) is 11.8 Å². The van der Waals surface area contributed by atoms with Crippen molar-refractivity contribution in [3.8, 4) is 5.75 Å². The van der Waals surface area contributed by atoms with Crippen molar-refractivity contribution in [3.63, 3.8) is 0 Å². The van der Waals surface area contributed by atoms with Crippen LogP contribution in [0.3, 0.4) is 0 Å². The molecule has 1 heterocycles. The molecular formula is C15H14N2O4. The highest BCUT2D eigenvalue weighted by Gasteiger charge is 2.22. The third-order valence-corrected chi connectivity index (χ3v) is 2.93. The number of rotatable bonds is 5. The van der Waals surface area contributed by atoms with Crippen molar-refractivity contribution in [2.24, 2.45) is 0 Å². The first-order valence-corrected chi connectivity index (χ1v) is 6.28. The van der Waals surface area contributed by atoms with Crippen LogP contribution < -0.4 is 5.32 Å². The highest BCUT2D eigenvalue weighted by Crippen LogP contribution is 2.14. The first-order valence-electron chi connectivity index (χ1n) is 6.28. The Morgan fingerprint density at radius 3 is 2.52 bits per heavy atom. The van der Waals surface area contributed by atoms with Gasteiger partial charge in [0.2, 0.25) is 0 Å². The number of hydrogen-bond acceptors (Lipinski definition) is 4. The molecule has 0 spiro atoms. The van der Waals surface area contributed by atoms with E-state index in [0.717, 1.165) is 11.8 Å². The number of aliphatic carboxylic acids is 1. The molecule has 2 rings (SSSR count). The molecule has 6 nitrogen and oxygen atoms in total. The summed E-state index contributed by atoms with van der Waals surface area (Å²) < 4.78 is 0. The Morgan fingerprint density at radius 2 is 1.90 bits per heavy atom. The van der Waals surface area contributed by atoms with Gasteiger partial charge in [-0.05, 0) is 11.6 Å². The van der Waals surface area contributed by atoms with Crippen molar-refractivity contribution >= 4 is 11.9 Å². The Kier molecular flexibility index (Phi) is 4.50. The van der Waals surface area contributed by atoms with E-state index in [0.29, 0.717) is 0 Å². The van der Waals surface area contributed by atoms with Crippen molar-refractivity contribution in [1.82, 2.24) is 10.3 Å². The lowest BCUT2D eigenvalue weighted by molar-refractivity contribution is -0.139. The first-order chi connectivity index (χ1) is 10.1. The minimum atomic E-state index is -1.14. The molecule has 1 atom stereocenters. The number of aromatic hydroxyl groups is 1. The van der Waals surface area contributed by atoms with Crippen LogP contribution in [0.4, 0.5) is 0 Å². The number of aromatic nitrogens is 1. The number of carbonyl (C=O) groups excluding carboxylic acids is 1. The van der Waals surface area contributed by atoms with Gasteiger partial charge in [0, 0.05) is 12.6 Å². The van der Waals surface area contributed by atoms with Crippen LogP contribution >= 0.6 is 0 Å². The van der Waals surface area contributed by atoms with E-state index in [1.807, 2.05) is 6.07 Å². The summed E-state index contributed by atoms with van der Waals surface area (Å²) >= 11 is 0. The zero-order valence-electron chi connectivity index (χ0n) is 11.1. The van der Waals surface area contributed by atoms with Crippen LogP contribution in [0.1, 0.15) is 15.9 Å². The zero-order chi connectivity index (χ0) is 15.2. The van der Waals surface area contributed by atoms with Crippen LogP contribution in [0.25, 0.3) is 0 Å². The Morgan fingerprint density at radius 1 is 1.19 bits per heavy atom. The number of nitrogens with zero attached hydrogens (tertiary/aromatic N) is 1. The molecule has 0 radical (unpaired) electrons. The summed E-state index contributed by atoms with van der Waals surface area (Å²) in [6.45, 7) is 0. The van der Waals surface area contributed by atoms with E-state index in [1.165, 1.54) is 12.3 Å². The summed E-state index contributed by atoms with van der Waals surface area (Å²) in [6, 6.07) is 9.24. The molecule has 0 saturated carbocycles. The van der Waals surface area contributed by atoms with E-state index < -0.39 is 17.9 Å². The largest absolute Gasteiger partial charge is 0.505 e. The summed E-state index contributed by atoms with van der Waals surface area (Å²) in [7, 11) is 0. The molecule has 1 aromatic heterocycles. The lowest BCUT2D eigenvalue weighted by Crippen LogP contribution is -2.42. The van der Waals surface area contributed by atoms with Gasteiger partial charge < -0.3 is 15.5 Å². The van der Waals surface area contributed by atoms with Gasteiger partial charge in [-0.25, -0.2) is 4.79 Å². The molecule has 0 aliphatic carbocycles. The second kappa shape index (κ2) is 6.51. The topological polar surface area (TPSA) is 99.5 Å². The quantitative estimate of drug-likeness (QED) is 0.767. The fourth-order valence-electron chi connectivity index (χ4n) is 1.86. The molecule has 0 aliphatic heterocycles. The normalized spacial score (nSPS) is 11.6. The van der Waals surface area contributed by atoms with Gasteiger partial charge in [-0.1, -0.05) is 30.3 Å². The van der Waals surface area contributed by atoms with Gasteiger partial charge in [-0.15, -0.1) is 0 Å². The number of amides is 1. The molecule has 0 bridgehead atoms. The number of hydrogen-bond donors (Lipinski definition) is 3. The Hall–Kier alpha value is -2.89. The van der Waals surface area contributed by atoms with Crippen molar-refractivity contribution < 1.29 is 19.8 Å². The van der Waals surface area contributed by atoms with Crippen LogP contribution in [-0.4, -0.2) is 33.1 Å². The lowest BCUT2D eigenvalue weighted by atomic mass is 10.1. The summed E-state index contributed by atoms with van der Waals surface area (Å²) in [5, 5.41) is 21.2. The van der Waals surface area contributed by atoms with E-state index >= 15 is 0 Å². The fourth-order valence-corrected chi connectivity index (χ4v) is 1.86. The monoisotopic (exact) mass is 286 g/mol. The number of carbonyl (C=O) groups is 2. The molecule has 0 fully saturated rings. The molecule has 0 unspecified atom stereocenters. The Labute approximate surface area is 121 Å². The van der Waals surface area contributed by atoms with E-state index in [2.05, 4.69) is 10.3 Å². The van der Waals surface area contributed by atoms with Crippen LogP contribution in [0, 0.1) is 0 Å². The SMILES string of the molecule is O=C(N[C@@H](Cc1ccccc1)C(=O)O)c1ccncc1O. The van der Waals surface area contributed by atoms with Crippen LogP contribution in [0.15, 0.2) is 48.8 Å². The number of benzene rings is 1. The lowest BCUT2D eigenvalue weighted by Gasteiger charge is -2.15. The summed E-state index contributed by atoms with van der Waals surface area (Å²) in [5.41, 5.74) is 0.786. The van der Waals surface area contributed by atoms with Crippen molar-refractivity contribution in [2.45, 2.75) is 12.5 Å². The third kappa shape index (κ3) is 3.79. The van der Waals surface area contributed by atoms with Gasteiger partial charge in [0.25, 0.3) is 5.91 Å². The maximum atomic E-state index is 12.0. The molecule has 1 aromatic carbocycles. The van der Waals surface area contributed by atoms with Gasteiger partial charge in [-0.2, -0.15) is 0 Å². The summed E-state index contributed by atoms with van der Waals surface area (Å²) in [5.74, 6) is -2.09. The standard InChI is InChI=1S/C15H14N2O4/c18-13-9-16-7-6-11(13)14(19)17-12(15(20)21)8-10-4-2-1-3-5-10/h1-7,9,12,18H,8H2,(H,17,19)(H,20,21)/t12-/m0/s1. The average Bonchev–Trinajstić information content (AvgIpc) is 2.48. The van der Waals surface area contributed by atoms with Crippen molar-refractivity contribution in [1.29, 1.82) is 0 Å². The predicted molar refractivity (Wildman–Crippen MR) is 74.9 cm³/mol. The number of pyridine rings is 1. The minimum Gasteiger partial charge on any atom is -0.505 e. The maximum absolute atomic E-state index is 12.0. The van der Waals surface area contributed by atoms with E-state index in [9.17, 15) is 19.8 Å². The number of nitrogens with one attached hydrogen (secondary N) is 1. The number of carboxylic acids is 1. The molecular weight excluding hydrogens is 272 g/mol. The zero-order valence-corrected chi connectivity index (χ0v) is 11.1. The van der Waals surface area contributed by atoms with Gasteiger partial charge in [0.15, 0.2) is 0 Å². The molecule has 0 aliphatic rings. The maximum Gasteiger partial charge on any atom is 0.326 e. The molecule has 1 amide bonds. The van der Waals surface area contributed by atoms with Crippen LogP contribution in [0.2, 0.25) is 0 Å². The van der Waals surface area contributed by atoms with E-state index in [4.69, 9.17) is 0 Å². The predicted octanol–water partition coefficient (Wildman–Crippen LogP) is 1.21. The third-order valence-electron chi connectivity index (χ3n) is 2.93. The second-order valence-electron chi connectivity index (χ2n) is 4.45.